The summed E-state index contributed by atoms with van der Waals surface area (Å²) in [6.45, 7) is -0.857. The third-order valence-corrected chi connectivity index (χ3v) is 2.95. The van der Waals surface area contributed by atoms with Gasteiger partial charge in [-0.05, 0) is 42.8 Å². The highest BCUT2D eigenvalue weighted by Crippen LogP contribution is 2.23. The van der Waals surface area contributed by atoms with Gasteiger partial charge in [0.2, 0.25) is 0 Å². The van der Waals surface area contributed by atoms with Gasteiger partial charge in [0.05, 0.1) is 5.52 Å². The third kappa shape index (κ3) is 2.32. The molecule has 1 N–H and O–H groups in total. The molecule has 0 fully saturated rings. The molecule has 0 saturated carbocycles. The first-order valence-electron chi connectivity index (χ1n) is 6.00. The second-order valence-corrected chi connectivity index (χ2v) is 4.31. The number of aryl methyl sites for hydroxylation is 1. The van der Waals surface area contributed by atoms with Crippen LogP contribution in [0.3, 0.4) is 0 Å². The van der Waals surface area contributed by atoms with Gasteiger partial charge in [0.1, 0.15) is 11.6 Å². The number of fused-ring (bicyclic) bond motifs is 1. The van der Waals surface area contributed by atoms with Crippen LogP contribution in [0.15, 0.2) is 36.5 Å². The van der Waals surface area contributed by atoms with Gasteiger partial charge in [-0.15, -0.1) is 0 Å². The Hall–Kier alpha value is -2.50. The first kappa shape index (κ1) is 12.5. The second-order valence-electron chi connectivity index (χ2n) is 4.31. The van der Waals surface area contributed by atoms with Crippen molar-refractivity contribution in [3.63, 3.8) is 0 Å². The smallest absolute Gasteiger partial charge is 0.387 e. The van der Waals surface area contributed by atoms with E-state index in [2.05, 4.69) is 19.7 Å². The fourth-order valence-electron chi connectivity index (χ4n) is 1.97. The van der Waals surface area contributed by atoms with E-state index in [1.165, 1.54) is 12.1 Å². The summed E-state index contributed by atoms with van der Waals surface area (Å²) in [5.41, 5.74) is 3.33. The van der Waals surface area contributed by atoms with Crippen LogP contribution < -0.4 is 4.74 Å². The van der Waals surface area contributed by atoms with Crippen molar-refractivity contribution in [3.05, 3.63) is 42.1 Å². The Morgan fingerprint density at radius 2 is 1.90 bits per heavy atom. The highest BCUT2D eigenvalue weighted by molar-refractivity contribution is 5.78. The van der Waals surface area contributed by atoms with Crippen molar-refractivity contribution in [3.8, 4) is 17.1 Å². The molecule has 0 unspecified atom stereocenters. The van der Waals surface area contributed by atoms with Crippen LogP contribution in [0.5, 0.6) is 5.75 Å². The van der Waals surface area contributed by atoms with Crippen molar-refractivity contribution >= 4 is 11.2 Å². The molecular weight excluding hydrogens is 264 g/mol. The van der Waals surface area contributed by atoms with Gasteiger partial charge in [0.15, 0.2) is 5.65 Å². The first-order chi connectivity index (χ1) is 9.63. The molecule has 102 valence electrons. The van der Waals surface area contributed by atoms with Crippen LogP contribution in [0, 0.1) is 6.92 Å². The molecule has 0 bridgehead atoms. The molecule has 2 aromatic heterocycles. The lowest BCUT2D eigenvalue weighted by atomic mass is 10.2. The van der Waals surface area contributed by atoms with E-state index >= 15 is 0 Å². The zero-order valence-electron chi connectivity index (χ0n) is 10.6. The van der Waals surface area contributed by atoms with Gasteiger partial charge in [-0.25, -0.2) is 9.97 Å². The van der Waals surface area contributed by atoms with E-state index in [0.717, 1.165) is 16.6 Å². The molecule has 0 spiro atoms. The third-order valence-electron chi connectivity index (χ3n) is 2.95. The Morgan fingerprint density at radius 3 is 2.55 bits per heavy atom. The minimum Gasteiger partial charge on any atom is -0.435 e. The van der Waals surface area contributed by atoms with Crippen LogP contribution >= 0.6 is 0 Å². The molecule has 0 radical (unpaired) electrons. The Labute approximate surface area is 113 Å². The summed E-state index contributed by atoms with van der Waals surface area (Å²) in [6.07, 6.45) is 1.70. The standard InChI is InChI=1S/C14H11F2N3O/c1-8-6-7-17-13-11(8)18-12(19-13)9-2-4-10(5-3-9)20-14(15)16/h2-7,14H,1H3,(H,17,18,19). The summed E-state index contributed by atoms with van der Waals surface area (Å²) >= 11 is 0. The molecule has 0 amide bonds. The van der Waals surface area contributed by atoms with Crippen LogP contribution in [0.2, 0.25) is 0 Å². The van der Waals surface area contributed by atoms with E-state index in [1.54, 1.807) is 18.3 Å². The summed E-state index contributed by atoms with van der Waals surface area (Å²) in [4.78, 5) is 11.7. The summed E-state index contributed by atoms with van der Waals surface area (Å²) < 4.78 is 28.5. The van der Waals surface area contributed by atoms with Crippen LogP contribution in [-0.2, 0) is 0 Å². The average Bonchev–Trinajstić information content (AvgIpc) is 2.84. The van der Waals surface area contributed by atoms with Crippen molar-refractivity contribution in [2.45, 2.75) is 13.5 Å². The van der Waals surface area contributed by atoms with Gasteiger partial charge >= 0.3 is 6.61 Å². The van der Waals surface area contributed by atoms with E-state index in [9.17, 15) is 8.78 Å². The van der Waals surface area contributed by atoms with Gasteiger partial charge in [0.25, 0.3) is 0 Å². The predicted molar refractivity (Wildman–Crippen MR) is 70.7 cm³/mol. The molecule has 0 aliphatic carbocycles. The number of rotatable bonds is 3. The topological polar surface area (TPSA) is 50.8 Å². The number of imidazole rings is 1. The number of nitrogens with zero attached hydrogens (tertiary/aromatic N) is 2. The molecule has 0 aliphatic heterocycles. The number of aromatic amines is 1. The molecule has 3 rings (SSSR count). The first-order valence-corrected chi connectivity index (χ1v) is 6.00. The van der Waals surface area contributed by atoms with Crippen molar-refractivity contribution in [2.75, 3.05) is 0 Å². The van der Waals surface area contributed by atoms with Gasteiger partial charge in [-0.2, -0.15) is 8.78 Å². The maximum absolute atomic E-state index is 12.1. The molecule has 20 heavy (non-hydrogen) atoms. The Bertz CT molecular complexity index is 738. The summed E-state index contributed by atoms with van der Waals surface area (Å²) in [7, 11) is 0. The van der Waals surface area contributed by atoms with E-state index in [4.69, 9.17) is 0 Å². The Kier molecular flexibility index (Phi) is 3.06. The number of hydrogen-bond donors (Lipinski definition) is 1. The maximum atomic E-state index is 12.1. The van der Waals surface area contributed by atoms with Crippen molar-refractivity contribution in [2.24, 2.45) is 0 Å². The number of hydrogen-bond acceptors (Lipinski definition) is 3. The average molecular weight is 275 g/mol. The second kappa shape index (κ2) is 4.88. The van der Waals surface area contributed by atoms with Crippen LogP contribution in [0.4, 0.5) is 8.78 Å². The van der Waals surface area contributed by atoms with Crippen molar-refractivity contribution in [1.29, 1.82) is 0 Å². The quantitative estimate of drug-likeness (QED) is 0.795. The number of alkyl halides is 2. The molecule has 6 heteroatoms. The Balaban J connectivity index is 1.96. The van der Waals surface area contributed by atoms with Gasteiger partial charge in [-0.1, -0.05) is 0 Å². The summed E-state index contributed by atoms with van der Waals surface area (Å²) in [5.74, 6) is 0.763. The highest BCUT2D eigenvalue weighted by Gasteiger charge is 2.09. The minimum absolute atomic E-state index is 0.120. The van der Waals surface area contributed by atoms with Gasteiger partial charge in [-0.3, -0.25) is 0 Å². The normalized spacial score (nSPS) is 11.2. The van der Waals surface area contributed by atoms with E-state index in [0.29, 0.717) is 11.5 Å². The fraction of sp³-hybridized carbons (Fsp3) is 0.143. The summed E-state index contributed by atoms with van der Waals surface area (Å²) in [5, 5.41) is 0. The number of halogens is 2. The number of nitrogens with one attached hydrogen (secondary N) is 1. The highest BCUT2D eigenvalue weighted by atomic mass is 19.3. The monoisotopic (exact) mass is 275 g/mol. The molecule has 2 heterocycles. The number of pyridine rings is 1. The molecule has 1 aromatic carbocycles. The molecule has 0 saturated heterocycles. The maximum Gasteiger partial charge on any atom is 0.387 e. The predicted octanol–water partition coefficient (Wildman–Crippen LogP) is 3.53. The molecule has 3 aromatic rings. The molecular formula is C14H11F2N3O. The largest absolute Gasteiger partial charge is 0.435 e. The number of H-pyrrole nitrogens is 1. The van der Waals surface area contributed by atoms with Gasteiger partial charge in [0, 0.05) is 11.8 Å². The SMILES string of the molecule is Cc1ccnc2nc(-c3ccc(OC(F)F)cc3)[nH]c12. The fourth-order valence-corrected chi connectivity index (χ4v) is 1.97. The molecule has 4 nitrogen and oxygen atoms in total. The number of ether oxygens (including phenoxy) is 1. The molecule has 0 aliphatic rings. The van der Waals surface area contributed by atoms with E-state index < -0.39 is 6.61 Å². The van der Waals surface area contributed by atoms with E-state index in [1.807, 2.05) is 13.0 Å². The zero-order valence-corrected chi connectivity index (χ0v) is 10.6. The number of benzene rings is 1. The lowest BCUT2D eigenvalue weighted by molar-refractivity contribution is -0.0498. The van der Waals surface area contributed by atoms with Crippen LogP contribution in [-0.4, -0.2) is 21.6 Å². The Morgan fingerprint density at radius 1 is 1.15 bits per heavy atom. The minimum atomic E-state index is -2.82. The van der Waals surface area contributed by atoms with Crippen LogP contribution in [0.1, 0.15) is 5.56 Å². The number of aromatic nitrogens is 3. The van der Waals surface area contributed by atoms with Crippen molar-refractivity contribution < 1.29 is 13.5 Å². The zero-order chi connectivity index (χ0) is 14.1. The van der Waals surface area contributed by atoms with Crippen LogP contribution in [0.25, 0.3) is 22.6 Å². The lowest BCUT2D eigenvalue weighted by Gasteiger charge is -2.04. The summed E-state index contributed by atoms with van der Waals surface area (Å²) in [6, 6.07) is 8.20. The lowest BCUT2D eigenvalue weighted by Crippen LogP contribution is -2.01. The van der Waals surface area contributed by atoms with E-state index in [-0.39, 0.29) is 5.75 Å². The van der Waals surface area contributed by atoms with Gasteiger partial charge < -0.3 is 9.72 Å². The van der Waals surface area contributed by atoms with Crippen molar-refractivity contribution in [1.82, 2.24) is 15.0 Å². The molecule has 0 atom stereocenters.